The van der Waals surface area contributed by atoms with Gasteiger partial charge in [-0.3, -0.25) is 4.79 Å². The molecule has 3 aromatic rings. The molecule has 6 heteroatoms. The Morgan fingerprint density at radius 3 is 2.90 bits per heavy atom. The van der Waals surface area contributed by atoms with Gasteiger partial charge in [0, 0.05) is 5.39 Å². The van der Waals surface area contributed by atoms with Crippen molar-refractivity contribution in [2.45, 2.75) is 6.42 Å². The number of pyridine rings is 1. The van der Waals surface area contributed by atoms with Crippen LogP contribution < -0.4 is 5.32 Å². The molecule has 3 rings (SSSR count). The summed E-state index contributed by atoms with van der Waals surface area (Å²) in [6, 6.07) is 11.0. The number of hydrogen-bond acceptors (Lipinski definition) is 4. The second-order valence-corrected chi connectivity index (χ2v) is 5.03. The van der Waals surface area contributed by atoms with E-state index in [2.05, 4.69) is 31.4 Å². The Bertz CT molecular complexity index is 752. The van der Waals surface area contributed by atoms with E-state index < -0.39 is 0 Å². The molecule has 0 saturated heterocycles. The molecule has 0 unspecified atom stereocenters. The third-order valence-corrected chi connectivity index (χ3v) is 3.26. The third kappa shape index (κ3) is 2.70. The summed E-state index contributed by atoms with van der Waals surface area (Å²) in [5.74, 6) is -0.159. The van der Waals surface area contributed by atoms with Crippen LogP contribution in [0.25, 0.3) is 11.0 Å². The molecule has 1 aromatic carbocycles. The average Bonchev–Trinajstić information content (AvgIpc) is 2.85. The van der Waals surface area contributed by atoms with Crippen LogP contribution in [-0.2, 0) is 11.2 Å². The van der Waals surface area contributed by atoms with Crippen molar-refractivity contribution in [3.8, 4) is 0 Å². The Morgan fingerprint density at radius 2 is 2.10 bits per heavy atom. The topological polar surface area (TPSA) is 68.0 Å². The summed E-state index contributed by atoms with van der Waals surface area (Å²) in [5, 5.41) is 7.56. The van der Waals surface area contributed by atoms with E-state index in [4.69, 9.17) is 4.52 Å². The van der Waals surface area contributed by atoms with Gasteiger partial charge >= 0.3 is 0 Å². The van der Waals surface area contributed by atoms with Crippen molar-refractivity contribution in [2.24, 2.45) is 0 Å². The standard InChI is InChI=1S/C14H10BrN3O2/c15-13-6-5-9(8-16-13)17-14(19)7-11-10-3-1-2-4-12(10)20-18-11/h1-6,8H,7H2,(H,17,19). The van der Waals surface area contributed by atoms with Gasteiger partial charge in [-0.05, 0) is 40.2 Å². The lowest BCUT2D eigenvalue weighted by atomic mass is 10.1. The largest absolute Gasteiger partial charge is 0.356 e. The second-order valence-electron chi connectivity index (χ2n) is 4.22. The number of halogens is 1. The fraction of sp³-hybridized carbons (Fsp3) is 0.0714. The van der Waals surface area contributed by atoms with E-state index in [1.165, 1.54) is 0 Å². The van der Waals surface area contributed by atoms with Crippen LogP contribution in [0, 0.1) is 0 Å². The Morgan fingerprint density at radius 1 is 1.25 bits per heavy atom. The van der Waals surface area contributed by atoms with E-state index in [1.54, 1.807) is 18.3 Å². The number of aromatic nitrogens is 2. The predicted octanol–water partition coefficient (Wildman–Crippen LogP) is 3.17. The summed E-state index contributed by atoms with van der Waals surface area (Å²) >= 11 is 3.24. The maximum atomic E-state index is 12.0. The molecule has 0 aliphatic rings. The van der Waals surface area contributed by atoms with Crippen LogP contribution in [0.3, 0.4) is 0 Å². The van der Waals surface area contributed by atoms with Crippen LogP contribution in [0.4, 0.5) is 5.69 Å². The summed E-state index contributed by atoms with van der Waals surface area (Å²) in [4.78, 5) is 16.0. The van der Waals surface area contributed by atoms with Gasteiger partial charge in [-0.1, -0.05) is 17.3 Å². The maximum Gasteiger partial charge on any atom is 0.230 e. The lowest BCUT2D eigenvalue weighted by Gasteiger charge is -2.03. The Kier molecular flexibility index (Phi) is 3.47. The molecule has 0 bridgehead atoms. The summed E-state index contributed by atoms with van der Waals surface area (Å²) in [7, 11) is 0. The molecule has 0 radical (unpaired) electrons. The van der Waals surface area contributed by atoms with Gasteiger partial charge in [0.2, 0.25) is 5.91 Å². The molecule has 0 atom stereocenters. The average molecular weight is 332 g/mol. The van der Waals surface area contributed by atoms with Crippen molar-refractivity contribution in [3.05, 3.63) is 52.9 Å². The number of carbonyl (C=O) groups excluding carboxylic acids is 1. The molecule has 0 fully saturated rings. The molecule has 0 saturated carbocycles. The van der Waals surface area contributed by atoms with Crippen molar-refractivity contribution in [2.75, 3.05) is 5.32 Å². The van der Waals surface area contributed by atoms with Gasteiger partial charge < -0.3 is 9.84 Å². The number of nitrogens with one attached hydrogen (secondary N) is 1. The molecule has 1 amide bonds. The van der Waals surface area contributed by atoms with Crippen LogP contribution in [-0.4, -0.2) is 16.0 Å². The molecule has 2 heterocycles. The predicted molar refractivity (Wildman–Crippen MR) is 78.3 cm³/mol. The lowest BCUT2D eigenvalue weighted by molar-refractivity contribution is -0.115. The molecule has 1 N–H and O–H groups in total. The number of anilines is 1. The smallest absolute Gasteiger partial charge is 0.230 e. The summed E-state index contributed by atoms with van der Waals surface area (Å²) in [5.41, 5.74) is 1.95. The van der Waals surface area contributed by atoms with Gasteiger partial charge in [-0.25, -0.2) is 4.98 Å². The highest BCUT2D eigenvalue weighted by Crippen LogP contribution is 2.18. The van der Waals surface area contributed by atoms with Crippen LogP contribution in [0.1, 0.15) is 5.69 Å². The first-order valence-corrected chi connectivity index (χ1v) is 6.76. The van der Waals surface area contributed by atoms with Crippen LogP contribution in [0.2, 0.25) is 0 Å². The number of amides is 1. The van der Waals surface area contributed by atoms with Crippen LogP contribution in [0.5, 0.6) is 0 Å². The van der Waals surface area contributed by atoms with Crippen molar-refractivity contribution in [1.29, 1.82) is 0 Å². The molecule has 0 aliphatic carbocycles. The highest BCUT2D eigenvalue weighted by molar-refractivity contribution is 9.10. The van der Waals surface area contributed by atoms with Gasteiger partial charge in [-0.15, -0.1) is 0 Å². The molecule has 0 aliphatic heterocycles. The molecule has 0 spiro atoms. The monoisotopic (exact) mass is 331 g/mol. The van der Waals surface area contributed by atoms with Gasteiger partial charge in [0.15, 0.2) is 5.58 Å². The quantitative estimate of drug-likeness (QED) is 0.748. The number of nitrogens with zero attached hydrogens (tertiary/aromatic N) is 2. The van der Waals surface area contributed by atoms with Crippen molar-refractivity contribution in [3.63, 3.8) is 0 Å². The SMILES string of the molecule is O=C(Cc1noc2ccccc12)Nc1ccc(Br)nc1. The maximum absolute atomic E-state index is 12.0. The normalized spacial score (nSPS) is 10.7. The van der Waals surface area contributed by atoms with E-state index in [1.807, 2.05) is 24.3 Å². The van der Waals surface area contributed by atoms with Crippen molar-refractivity contribution >= 4 is 38.5 Å². The fourth-order valence-corrected chi connectivity index (χ4v) is 2.11. The van der Waals surface area contributed by atoms with Crippen molar-refractivity contribution in [1.82, 2.24) is 10.1 Å². The molecule has 20 heavy (non-hydrogen) atoms. The van der Waals surface area contributed by atoms with Crippen LogP contribution in [0.15, 0.2) is 51.7 Å². The minimum absolute atomic E-state index is 0.159. The summed E-state index contributed by atoms with van der Waals surface area (Å²) < 4.78 is 5.89. The molecule has 5 nitrogen and oxygen atoms in total. The highest BCUT2D eigenvalue weighted by Gasteiger charge is 2.12. The zero-order valence-corrected chi connectivity index (χ0v) is 11.9. The zero-order chi connectivity index (χ0) is 13.9. The number of carbonyl (C=O) groups is 1. The van der Waals surface area contributed by atoms with E-state index in [0.717, 1.165) is 9.99 Å². The zero-order valence-electron chi connectivity index (χ0n) is 10.3. The lowest BCUT2D eigenvalue weighted by Crippen LogP contribution is -2.14. The first-order chi connectivity index (χ1) is 9.72. The minimum atomic E-state index is -0.159. The second kappa shape index (κ2) is 5.42. The van der Waals surface area contributed by atoms with Crippen molar-refractivity contribution < 1.29 is 9.32 Å². The molecular weight excluding hydrogens is 322 g/mol. The Balaban J connectivity index is 1.74. The van der Waals surface area contributed by atoms with E-state index in [9.17, 15) is 4.79 Å². The Labute approximate surface area is 123 Å². The van der Waals surface area contributed by atoms with Gasteiger partial charge in [0.1, 0.15) is 10.3 Å². The van der Waals surface area contributed by atoms with Gasteiger partial charge in [0.25, 0.3) is 0 Å². The number of para-hydroxylation sites is 1. The van der Waals surface area contributed by atoms with Gasteiger partial charge in [0.05, 0.1) is 18.3 Å². The number of hydrogen-bond donors (Lipinski definition) is 1. The van der Waals surface area contributed by atoms with E-state index in [-0.39, 0.29) is 12.3 Å². The van der Waals surface area contributed by atoms with E-state index in [0.29, 0.717) is 17.0 Å². The summed E-state index contributed by atoms with van der Waals surface area (Å²) in [6.45, 7) is 0. The van der Waals surface area contributed by atoms with Gasteiger partial charge in [-0.2, -0.15) is 0 Å². The highest BCUT2D eigenvalue weighted by atomic mass is 79.9. The number of benzene rings is 1. The minimum Gasteiger partial charge on any atom is -0.356 e. The molecule has 2 aromatic heterocycles. The third-order valence-electron chi connectivity index (χ3n) is 2.79. The van der Waals surface area contributed by atoms with E-state index >= 15 is 0 Å². The van der Waals surface area contributed by atoms with Crippen LogP contribution >= 0.6 is 15.9 Å². The number of fused-ring (bicyclic) bond motifs is 1. The molecular formula is C14H10BrN3O2. The summed E-state index contributed by atoms with van der Waals surface area (Å²) in [6.07, 6.45) is 1.75. The Hall–Kier alpha value is -2.21. The first kappa shape index (κ1) is 12.8. The fourth-order valence-electron chi connectivity index (χ4n) is 1.87. The first-order valence-electron chi connectivity index (χ1n) is 5.97. The number of rotatable bonds is 3. The molecule has 100 valence electrons.